The highest BCUT2D eigenvalue weighted by Gasteiger charge is 2.68. The lowest BCUT2D eigenvalue weighted by molar-refractivity contribution is -0.199. The maximum atomic E-state index is 6.31. The van der Waals surface area contributed by atoms with E-state index in [1.165, 1.54) is 6.42 Å². The van der Waals surface area contributed by atoms with Gasteiger partial charge in [0.15, 0.2) is 0 Å². The normalized spacial score (nSPS) is 44.1. The Hall–Kier alpha value is 0.235. The van der Waals surface area contributed by atoms with Crippen LogP contribution in [0.5, 0.6) is 0 Å². The Bertz CT molecular complexity index is 354. The molecule has 110 valence electrons. The molecule has 3 saturated carbocycles. The van der Waals surface area contributed by atoms with Crippen molar-refractivity contribution in [3.8, 4) is 0 Å². The molecule has 0 aromatic carbocycles. The molecule has 2 N–H and O–H groups in total. The summed E-state index contributed by atoms with van der Waals surface area (Å²) in [6, 6.07) is 0. The van der Waals surface area contributed by atoms with Gasteiger partial charge in [-0.2, -0.15) is 0 Å². The molecule has 1 saturated heterocycles. The summed E-state index contributed by atoms with van der Waals surface area (Å²) < 4.78 is 12.4. The Morgan fingerprint density at radius 3 is 2.58 bits per heavy atom. The second kappa shape index (κ2) is 4.90. The Balaban J connectivity index is 0.00000133. The Morgan fingerprint density at radius 1 is 1.32 bits per heavy atom. The molecule has 4 rings (SSSR count). The SMILES string of the molecule is CCCC(N)B1OC2CC3CC(C3(C)C)[C@]2(C)O1.Cl. The predicted octanol–water partition coefficient (Wildman–Crippen LogP) is 2.80. The fourth-order valence-electron chi connectivity index (χ4n) is 4.55. The average Bonchev–Trinajstić information content (AvgIpc) is 2.65. The molecule has 2 bridgehead atoms. The monoisotopic (exact) mass is 287 g/mol. The van der Waals surface area contributed by atoms with Crippen molar-refractivity contribution < 1.29 is 9.31 Å². The van der Waals surface area contributed by atoms with Crippen LogP contribution < -0.4 is 5.73 Å². The van der Waals surface area contributed by atoms with Gasteiger partial charge in [0.25, 0.3) is 0 Å². The van der Waals surface area contributed by atoms with Crippen LogP contribution in [0.1, 0.15) is 53.4 Å². The standard InChI is InChI=1S/C14H26BNO2.ClH/c1-5-6-12(16)15-17-11-8-9-7-10(13(9,2)3)14(11,4)18-15;/h9-12H,5-8,16H2,1-4H3;1H/t9?,10?,11?,12?,14-;/m0./s1. The van der Waals surface area contributed by atoms with Gasteiger partial charge in [0.2, 0.25) is 0 Å². The summed E-state index contributed by atoms with van der Waals surface area (Å²) in [4.78, 5) is 0. The first-order valence-corrected chi connectivity index (χ1v) is 7.48. The highest BCUT2D eigenvalue weighted by Crippen LogP contribution is 2.65. The number of hydrogen-bond donors (Lipinski definition) is 1. The summed E-state index contributed by atoms with van der Waals surface area (Å²) in [6.07, 6.45) is 4.78. The van der Waals surface area contributed by atoms with Gasteiger partial charge >= 0.3 is 7.12 Å². The molecular formula is C14H27BClNO2. The smallest absolute Gasteiger partial charge is 0.404 e. The van der Waals surface area contributed by atoms with Crippen molar-refractivity contribution in [2.24, 2.45) is 23.0 Å². The van der Waals surface area contributed by atoms with Gasteiger partial charge in [0.1, 0.15) is 0 Å². The van der Waals surface area contributed by atoms with Crippen LogP contribution in [0.15, 0.2) is 0 Å². The maximum absolute atomic E-state index is 6.31. The van der Waals surface area contributed by atoms with E-state index in [0.29, 0.717) is 11.3 Å². The first kappa shape index (κ1) is 15.6. The van der Waals surface area contributed by atoms with Crippen LogP contribution in [-0.4, -0.2) is 24.8 Å². The minimum Gasteiger partial charge on any atom is -0.404 e. The predicted molar refractivity (Wildman–Crippen MR) is 80.2 cm³/mol. The number of nitrogens with two attached hydrogens (primary N) is 1. The van der Waals surface area contributed by atoms with E-state index in [9.17, 15) is 0 Å². The molecule has 4 aliphatic rings. The molecule has 1 heterocycles. The van der Waals surface area contributed by atoms with Gasteiger partial charge in [-0.15, -0.1) is 12.4 Å². The Labute approximate surface area is 123 Å². The fraction of sp³-hybridized carbons (Fsp3) is 1.00. The summed E-state index contributed by atoms with van der Waals surface area (Å²) in [5.41, 5.74) is 6.49. The molecule has 0 aromatic heterocycles. The van der Waals surface area contributed by atoms with Gasteiger partial charge in [0, 0.05) is 5.94 Å². The molecule has 19 heavy (non-hydrogen) atoms. The van der Waals surface area contributed by atoms with Crippen molar-refractivity contribution in [2.45, 2.75) is 71.0 Å². The molecule has 5 heteroatoms. The topological polar surface area (TPSA) is 44.5 Å². The summed E-state index contributed by atoms with van der Waals surface area (Å²) in [6.45, 7) is 9.17. The quantitative estimate of drug-likeness (QED) is 0.812. The zero-order chi connectivity index (χ0) is 13.1. The van der Waals surface area contributed by atoms with E-state index in [0.717, 1.165) is 25.2 Å². The first-order valence-electron chi connectivity index (χ1n) is 7.48. The van der Waals surface area contributed by atoms with E-state index >= 15 is 0 Å². The molecule has 4 fully saturated rings. The van der Waals surface area contributed by atoms with Gasteiger partial charge in [-0.1, -0.05) is 27.2 Å². The van der Waals surface area contributed by atoms with Crippen LogP contribution in [0.3, 0.4) is 0 Å². The molecule has 5 atom stereocenters. The average molecular weight is 288 g/mol. The Morgan fingerprint density at radius 2 is 2.00 bits per heavy atom. The lowest BCUT2D eigenvalue weighted by Crippen LogP contribution is -2.65. The van der Waals surface area contributed by atoms with E-state index in [1.807, 2.05) is 0 Å². The number of hydrogen-bond acceptors (Lipinski definition) is 3. The summed E-state index contributed by atoms with van der Waals surface area (Å²) in [7, 11) is -0.185. The highest BCUT2D eigenvalue weighted by molar-refractivity contribution is 6.47. The molecular weight excluding hydrogens is 260 g/mol. The van der Waals surface area contributed by atoms with Gasteiger partial charge in [0.05, 0.1) is 11.7 Å². The zero-order valence-corrected chi connectivity index (χ0v) is 13.3. The van der Waals surface area contributed by atoms with Crippen LogP contribution >= 0.6 is 12.4 Å². The lowest BCUT2D eigenvalue weighted by atomic mass is 9.43. The van der Waals surface area contributed by atoms with E-state index in [-0.39, 0.29) is 37.2 Å². The van der Waals surface area contributed by atoms with Gasteiger partial charge in [-0.05, 0) is 43.4 Å². The van der Waals surface area contributed by atoms with Crippen molar-refractivity contribution in [2.75, 3.05) is 0 Å². The molecule has 3 aliphatic carbocycles. The third kappa shape index (κ3) is 2.07. The van der Waals surface area contributed by atoms with Crippen LogP contribution in [0.2, 0.25) is 0 Å². The van der Waals surface area contributed by atoms with Crippen molar-refractivity contribution in [3.63, 3.8) is 0 Å². The fourth-order valence-corrected chi connectivity index (χ4v) is 4.55. The molecule has 3 nitrogen and oxygen atoms in total. The molecule has 4 unspecified atom stereocenters. The first-order chi connectivity index (χ1) is 8.39. The van der Waals surface area contributed by atoms with Crippen molar-refractivity contribution in [1.82, 2.24) is 0 Å². The van der Waals surface area contributed by atoms with Crippen molar-refractivity contribution in [1.29, 1.82) is 0 Å². The van der Waals surface area contributed by atoms with E-state index in [2.05, 4.69) is 27.7 Å². The molecule has 0 radical (unpaired) electrons. The second-order valence-corrected chi connectivity index (χ2v) is 7.29. The second-order valence-electron chi connectivity index (χ2n) is 7.29. The molecule has 1 aliphatic heterocycles. The minimum atomic E-state index is -0.185. The van der Waals surface area contributed by atoms with Gasteiger partial charge in [-0.25, -0.2) is 0 Å². The highest BCUT2D eigenvalue weighted by atomic mass is 35.5. The minimum absolute atomic E-state index is 0. The summed E-state index contributed by atoms with van der Waals surface area (Å²) in [5, 5.41) is 0. The van der Waals surface area contributed by atoms with Crippen molar-refractivity contribution in [3.05, 3.63) is 0 Å². The molecule has 0 aromatic rings. The maximum Gasteiger partial charge on any atom is 0.475 e. The third-order valence-corrected chi connectivity index (χ3v) is 5.94. The molecule has 0 spiro atoms. The number of halogens is 1. The summed E-state index contributed by atoms with van der Waals surface area (Å²) in [5.74, 6) is 1.47. The van der Waals surface area contributed by atoms with E-state index < -0.39 is 0 Å². The Kier molecular flexibility index (Phi) is 4.03. The molecule has 0 amide bonds. The van der Waals surface area contributed by atoms with Gasteiger partial charge < -0.3 is 15.0 Å². The van der Waals surface area contributed by atoms with E-state index in [4.69, 9.17) is 15.0 Å². The largest absolute Gasteiger partial charge is 0.475 e. The van der Waals surface area contributed by atoms with Crippen LogP contribution in [0, 0.1) is 17.3 Å². The van der Waals surface area contributed by atoms with Gasteiger partial charge in [-0.3, -0.25) is 0 Å². The van der Waals surface area contributed by atoms with Crippen molar-refractivity contribution >= 4 is 19.5 Å². The lowest BCUT2D eigenvalue weighted by Gasteiger charge is -2.64. The van der Waals surface area contributed by atoms with Crippen LogP contribution in [0.25, 0.3) is 0 Å². The van der Waals surface area contributed by atoms with Crippen LogP contribution in [0.4, 0.5) is 0 Å². The van der Waals surface area contributed by atoms with Crippen LogP contribution in [-0.2, 0) is 9.31 Å². The zero-order valence-electron chi connectivity index (χ0n) is 12.5. The van der Waals surface area contributed by atoms with E-state index in [1.54, 1.807) is 0 Å². The third-order valence-electron chi connectivity index (χ3n) is 5.94. The number of rotatable bonds is 3. The summed E-state index contributed by atoms with van der Waals surface area (Å²) >= 11 is 0.